The molecule has 2 N–H and O–H groups in total. The summed E-state index contributed by atoms with van der Waals surface area (Å²) in [7, 11) is 1.98. The van der Waals surface area contributed by atoms with E-state index in [0.717, 1.165) is 17.8 Å². The maximum atomic E-state index is 5.82. The van der Waals surface area contributed by atoms with Gasteiger partial charge in [0.15, 0.2) is 0 Å². The summed E-state index contributed by atoms with van der Waals surface area (Å²) < 4.78 is 5.01. The fraction of sp³-hybridized carbons (Fsp3) is 0.182. The van der Waals surface area contributed by atoms with Gasteiger partial charge in [-0.05, 0) is 12.1 Å². The highest BCUT2D eigenvalue weighted by Crippen LogP contribution is 2.21. The smallest absolute Gasteiger partial charge is 0.0952 e. The van der Waals surface area contributed by atoms with E-state index in [1.165, 1.54) is 0 Å². The van der Waals surface area contributed by atoms with Gasteiger partial charge in [-0.3, -0.25) is 4.98 Å². The molecule has 0 spiro atoms. The third-order valence-corrected chi connectivity index (χ3v) is 2.24. The van der Waals surface area contributed by atoms with E-state index < -0.39 is 0 Å². The summed E-state index contributed by atoms with van der Waals surface area (Å²) >= 11 is 0. The summed E-state index contributed by atoms with van der Waals surface area (Å²) in [6.45, 7) is 0.769. The Morgan fingerprint density at radius 3 is 3.00 bits per heavy atom. The number of anilines is 2. The van der Waals surface area contributed by atoms with Crippen LogP contribution in [-0.4, -0.2) is 12.0 Å². The molecule has 4 nitrogen and oxygen atoms in total. The van der Waals surface area contributed by atoms with Crippen molar-refractivity contribution in [1.82, 2.24) is 4.98 Å². The van der Waals surface area contributed by atoms with Gasteiger partial charge in [0, 0.05) is 25.4 Å². The molecular formula is C11H13N3O. The molecule has 0 saturated heterocycles. The molecule has 78 valence electrons. The van der Waals surface area contributed by atoms with Crippen molar-refractivity contribution in [2.75, 3.05) is 17.7 Å². The standard InChI is InChI=1S/C11H13N3O/c1-14(7-9-3-5-15-8-9)11-2-4-13-6-10(11)12/h2-6,8H,7,12H2,1H3. The number of nitrogens with two attached hydrogens (primary N) is 1. The number of aromatic nitrogens is 1. The van der Waals surface area contributed by atoms with E-state index in [1.54, 1.807) is 24.9 Å². The zero-order valence-electron chi connectivity index (χ0n) is 8.55. The molecule has 2 aromatic heterocycles. The van der Waals surface area contributed by atoms with Crippen molar-refractivity contribution in [1.29, 1.82) is 0 Å². The zero-order valence-corrected chi connectivity index (χ0v) is 8.55. The van der Waals surface area contributed by atoms with Gasteiger partial charge in [-0.1, -0.05) is 0 Å². The summed E-state index contributed by atoms with van der Waals surface area (Å²) in [6.07, 6.45) is 6.78. The molecule has 0 aliphatic rings. The Kier molecular flexibility index (Phi) is 2.58. The summed E-state index contributed by atoms with van der Waals surface area (Å²) in [6, 6.07) is 3.84. The van der Waals surface area contributed by atoms with Crippen molar-refractivity contribution in [2.24, 2.45) is 0 Å². The molecule has 0 fully saturated rings. The van der Waals surface area contributed by atoms with Crippen LogP contribution in [0.4, 0.5) is 11.4 Å². The highest BCUT2D eigenvalue weighted by molar-refractivity contribution is 5.65. The fourth-order valence-electron chi connectivity index (χ4n) is 1.49. The zero-order chi connectivity index (χ0) is 10.7. The Morgan fingerprint density at radius 2 is 2.33 bits per heavy atom. The lowest BCUT2D eigenvalue weighted by Gasteiger charge is -2.19. The van der Waals surface area contributed by atoms with Crippen molar-refractivity contribution in [3.63, 3.8) is 0 Å². The van der Waals surface area contributed by atoms with Crippen LogP contribution in [0, 0.1) is 0 Å². The number of nitrogens with zero attached hydrogens (tertiary/aromatic N) is 2. The molecule has 15 heavy (non-hydrogen) atoms. The van der Waals surface area contributed by atoms with E-state index in [9.17, 15) is 0 Å². The molecule has 0 aromatic carbocycles. The quantitative estimate of drug-likeness (QED) is 0.827. The molecule has 2 aromatic rings. The van der Waals surface area contributed by atoms with E-state index in [-0.39, 0.29) is 0 Å². The third-order valence-electron chi connectivity index (χ3n) is 2.24. The highest BCUT2D eigenvalue weighted by Gasteiger charge is 2.05. The molecule has 0 aliphatic heterocycles. The summed E-state index contributed by atoms with van der Waals surface area (Å²) in [5.41, 5.74) is 8.60. The Bertz CT molecular complexity index is 425. The lowest BCUT2D eigenvalue weighted by molar-refractivity contribution is 0.563. The number of hydrogen-bond donors (Lipinski definition) is 1. The molecule has 0 bridgehead atoms. The number of hydrogen-bond acceptors (Lipinski definition) is 4. The second-order valence-electron chi connectivity index (χ2n) is 3.42. The van der Waals surface area contributed by atoms with Crippen LogP contribution in [0.3, 0.4) is 0 Å². The predicted octanol–water partition coefficient (Wildman–Crippen LogP) is 1.89. The lowest BCUT2D eigenvalue weighted by atomic mass is 10.2. The summed E-state index contributed by atoms with van der Waals surface area (Å²) in [5.74, 6) is 0. The van der Waals surface area contributed by atoms with Gasteiger partial charge >= 0.3 is 0 Å². The monoisotopic (exact) mass is 203 g/mol. The Hall–Kier alpha value is -1.97. The molecule has 4 heteroatoms. The first-order valence-electron chi connectivity index (χ1n) is 4.69. The van der Waals surface area contributed by atoms with Crippen molar-refractivity contribution in [3.05, 3.63) is 42.6 Å². The van der Waals surface area contributed by atoms with E-state index in [2.05, 4.69) is 9.88 Å². The predicted molar refractivity (Wildman–Crippen MR) is 59.5 cm³/mol. The Labute approximate surface area is 88.3 Å². The highest BCUT2D eigenvalue weighted by atomic mass is 16.3. The van der Waals surface area contributed by atoms with Crippen LogP contribution in [-0.2, 0) is 6.54 Å². The first-order valence-corrected chi connectivity index (χ1v) is 4.69. The van der Waals surface area contributed by atoms with Crippen molar-refractivity contribution in [3.8, 4) is 0 Å². The van der Waals surface area contributed by atoms with Crippen LogP contribution in [0.25, 0.3) is 0 Å². The molecule has 2 rings (SSSR count). The van der Waals surface area contributed by atoms with Crippen LogP contribution in [0.5, 0.6) is 0 Å². The molecule has 0 aliphatic carbocycles. The topological polar surface area (TPSA) is 55.3 Å². The van der Waals surface area contributed by atoms with Crippen molar-refractivity contribution in [2.45, 2.75) is 6.54 Å². The molecule has 0 amide bonds. The molecule has 0 atom stereocenters. The van der Waals surface area contributed by atoms with E-state index in [1.807, 2.05) is 19.2 Å². The number of pyridine rings is 1. The van der Waals surface area contributed by atoms with Gasteiger partial charge in [0.25, 0.3) is 0 Å². The largest absolute Gasteiger partial charge is 0.472 e. The van der Waals surface area contributed by atoms with E-state index in [4.69, 9.17) is 10.2 Å². The van der Waals surface area contributed by atoms with Gasteiger partial charge in [-0.25, -0.2) is 0 Å². The first kappa shape index (κ1) is 9.58. The van der Waals surface area contributed by atoms with Gasteiger partial charge in [-0.2, -0.15) is 0 Å². The van der Waals surface area contributed by atoms with Crippen LogP contribution in [0.15, 0.2) is 41.5 Å². The van der Waals surface area contributed by atoms with Crippen LogP contribution >= 0.6 is 0 Å². The minimum Gasteiger partial charge on any atom is -0.472 e. The first-order chi connectivity index (χ1) is 7.27. The molecule has 0 saturated carbocycles. The lowest BCUT2D eigenvalue weighted by Crippen LogP contribution is -2.17. The second-order valence-corrected chi connectivity index (χ2v) is 3.42. The molecular weight excluding hydrogens is 190 g/mol. The SMILES string of the molecule is CN(Cc1ccoc1)c1ccncc1N. The van der Waals surface area contributed by atoms with Gasteiger partial charge in [-0.15, -0.1) is 0 Å². The summed E-state index contributed by atoms with van der Waals surface area (Å²) in [5, 5.41) is 0. The molecule has 2 heterocycles. The Morgan fingerprint density at radius 1 is 1.47 bits per heavy atom. The van der Waals surface area contributed by atoms with Gasteiger partial charge in [0.1, 0.15) is 0 Å². The Balaban J connectivity index is 2.15. The maximum absolute atomic E-state index is 5.82. The summed E-state index contributed by atoms with van der Waals surface area (Å²) in [4.78, 5) is 6.01. The number of rotatable bonds is 3. The van der Waals surface area contributed by atoms with Gasteiger partial charge < -0.3 is 15.1 Å². The van der Waals surface area contributed by atoms with Gasteiger partial charge in [0.2, 0.25) is 0 Å². The maximum Gasteiger partial charge on any atom is 0.0952 e. The van der Waals surface area contributed by atoms with E-state index in [0.29, 0.717) is 5.69 Å². The average molecular weight is 203 g/mol. The minimum absolute atomic E-state index is 0.684. The fourth-order valence-corrected chi connectivity index (χ4v) is 1.49. The number of furan rings is 1. The van der Waals surface area contributed by atoms with Crippen molar-refractivity contribution < 1.29 is 4.42 Å². The molecule has 0 unspecified atom stereocenters. The normalized spacial score (nSPS) is 10.2. The average Bonchev–Trinajstić information content (AvgIpc) is 2.71. The van der Waals surface area contributed by atoms with Crippen molar-refractivity contribution >= 4 is 11.4 Å². The third kappa shape index (κ3) is 2.10. The second kappa shape index (κ2) is 4.04. The number of nitrogen functional groups attached to an aromatic ring is 1. The van der Waals surface area contributed by atoms with Crippen LogP contribution in [0.2, 0.25) is 0 Å². The van der Waals surface area contributed by atoms with E-state index >= 15 is 0 Å². The van der Waals surface area contributed by atoms with Gasteiger partial charge in [0.05, 0.1) is 30.1 Å². The van der Waals surface area contributed by atoms with Crippen LogP contribution < -0.4 is 10.6 Å². The molecule has 0 radical (unpaired) electrons. The van der Waals surface area contributed by atoms with Crippen LogP contribution in [0.1, 0.15) is 5.56 Å². The minimum atomic E-state index is 0.684.